The summed E-state index contributed by atoms with van der Waals surface area (Å²) >= 11 is 4.40. The van der Waals surface area contributed by atoms with Gasteiger partial charge in [-0.1, -0.05) is 46.3 Å². The minimum Gasteiger partial charge on any atom is -0.347 e. The van der Waals surface area contributed by atoms with E-state index < -0.39 is 0 Å². The van der Waals surface area contributed by atoms with E-state index in [-0.39, 0.29) is 17.7 Å². The largest absolute Gasteiger partial charge is 0.347 e. The van der Waals surface area contributed by atoms with Crippen LogP contribution in [0, 0.1) is 6.92 Å². The van der Waals surface area contributed by atoms with E-state index in [0.29, 0.717) is 4.91 Å². The summed E-state index contributed by atoms with van der Waals surface area (Å²) in [6.45, 7) is 2.31. The molecule has 27 heavy (non-hydrogen) atoms. The number of aromatic nitrogens is 1. The molecule has 0 bridgehead atoms. The van der Waals surface area contributed by atoms with E-state index in [1.54, 1.807) is 0 Å². The molecule has 1 aliphatic heterocycles. The molecule has 0 aliphatic carbocycles. The highest BCUT2D eigenvalue weighted by Crippen LogP contribution is 2.36. The third-order valence-corrected chi connectivity index (χ3v) is 6.29. The quantitative estimate of drug-likeness (QED) is 0.505. The molecule has 2 heterocycles. The van der Waals surface area contributed by atoms with Crippen molar-refractivity contribution in [1.82, 2.24) is 9.47 Å². The lowest BCUT2D eigenvalue weighted by Gasteiger charge is -2.12. The van der Waals surface area contributed by atoms with Crippen LogP contribution < -0.4 is 0 Å². The van der Waals surface area contributed by atoms with Gasteiger partial charge in [-0.25, -0.2) is 0 Å². The maximum absolute atomic E-state index is 12.8. The zero-order valence-electron chi connectivity index (χ0n) is 14.9. The van der Waals surface area contributed by atoms with Gasteiger partial charge in [0.05, 0.1) is 11.4 Å². The summed E-state index contributed by atoms with van der Waals surface area (Å²) in [5.74, 6) is -0.236. The van der Waals surface area contributed by atoms with E-state index in [4.69, 9.17) is 0 Å². The SMILES string of the molecule is Cc1c(/C=C2\SC(=O)N(Cc3ccc(Br)cc3)C2=O)c2ccccc2n1C. The standard InChI is InChI=1S/C21H17BrN2O2S/c1-13-17(16-5-3-4-6-18(16)23(13)2)11-19-20(25)24(21(26)27-19)12-14-7-9-15(22)10-8-14/h3-11H,12H2,1-2H3/b19-11-. The van der Waals surface area contributed by atoms with Gasteiger partial charge >= 0.3 is 0 Å². The zero-order chi connectivity index (χ0) is 19.1. The Morgan fingerprint density at radius 3 is 2.52 bits per heavy atom. The topological polar surface area (TPSA) is 42.3 Å². The molecule has 2 amide bonds. The van der Waals surface area contributed by atoms with Gasteiger partial charge in [0.1, 0.15) is 0 Å². The highest BCUT2D eigenvalue weighted by molar-refractivity contribution is 9.10. The van der Waals surface area contributed by atoms with Crippen LogP contribution in [0.25, 0.3) is 17.0 Å². The number of rotatable bonds is 3. The molecular weight excluding hydrogens is 424 g/mol. The van der Waals surface area contributed by atoms with Crippen LogP contribution in [0.5, 0.6) is 0 Å². The molecule has 3 aromatic rings. The molecule has 0 unspecified atom stereocenters. The van der Waals surface area contributed by atoms with Crippen LogP contribution in [0.15, 0.2) is 57.9 Å². The number of aryl methyl sites for hydroxylation is 1. The Labute approximate surface area is 170 Å². The van der Waals surface area contributed by atoms with Gasteiger partial charge in [0.15, 0.2) is 0 Å². The molecule has 136 valence electrons. The summed E-state index contributed by atoms with van der Waals surface area (Å²) in [4.78, 5) is 27.0. The summed E-state index contributed by atoms with van der Waals surface area (Å²) in [6.07, 6.45) is 1.85. The molecule has 0 saturated carbocycles. The van der Waals surface area contributed by atoms with Gasteiger partial charge in [-0.05, 0) is 48.5 Å². The first-order valence-electron chi connectivity index (χ1n) is 8.49. The fourth-order valence-corrected chi connectivity index (χ4v) is 4.36. The van der Waals surface area contributed by atoms with Gasteiger partial charge in [0.2, 0.25) is 0 Å². The summed E-state index contributed by atoms with van der Waals surface area (Å²) in [6, 6.07) is 15.7. The summed E-state index contributed by atoms with van der Waals surface area (Å²) in [5, 5.41) is 0.851. The Hall–Kier alpha value is -2.31. The molecule has 6 heteroatoms. The van der Waals surface area contributed by atoms with E-state index in [0.717, 1.165) is 44.0 Å². The first-order chi connectivity index (χ1) is 13.0. The number of fused-ring (bicyclic) bond motifs is 1. The molecule has 1 saturated heterocycles. The Morgan fingerprint density at radius 1 is 1.07 bits per heavy atom. The minimum absolute atomic E-state index is 0.230. The maximum Gasteiger partial charge on any atom is 0.293 e. The number of carbonyl (C=O) groups excluding carboxylic acids is 2. The van der Waals surface area contributed by atoms with E-state index in [1.165, 1.54) is 4.90 Å². The van der Waals surface area contributed by atoms with Gasteiger partial charge in [-0.3, -0.25) is 14.5 Å². The molecule has 1 aromatic heterocycles. The van der Waals surface area contributed by atoms with Crippen molar-refractivity contribution in [2.45, 2.75) is 13.5 Å². The van der Waals surface area contributed by atoms with E-state index in [2.05, 4.69) is 26.6 Å². The predicted molar refractivity (Wildman–Crippen MR) is 113 cm³/mol. The number of benzene rings is 2. The Morgan fingerprint density at radius 2 is 1.78 bits per heavy atom. The number of hydrogen-bond donors (Lipinski definition) is 0. The summed E-state index contributed by atoms with van der Waals surface area (Å²) in [5.41, 5.74) is 4.08. The number of hydrogen-bond acceptors (Lipinski definition) is 3. The molecule has 0 spiro atoms. The maximum atomic E-state index is 12.8. The minimum atomic E-state index is -0.236. The van der Waals surface area contributed by atoms with E-state index in [1.807, 2.05) is 62.5 Å². The van der Waals surface area contributed by atoms with Gasteiger partial charge in [-0.15, -0.1) is 0 Å². The van der Waals surface area contributed by atoms with Crippen LogP contribution in [0.3, 0.4) is 0 Å². The average molecular weight is 441 g/mol. The fourth-order valence-electron chi connectivity index (χ4n) is 3.27. The van der Waals surface area contributed by atoms with Crippen molar-refractivity contribution in [2.24, 2.45) is 7.05 Å². The van der Waals surface area contributed by atoms with Gasteiger partial charge in [-0.2, -0.15) is 0 Å². The molecule has 0 N–H and O–H groups in total. The Balaban J connectivity index is 1.68. The lowest BCUT2D eigenvalue weighted by atomic mass is 10.1. The predicted octanol–water partition coefficient (Wildman–Crippen LogP) is 5.49. The highest BCUT2D eigenvalue weighted by Gasteiger charge is 2.35. The molecule has 0 radical (unpaired) electrons. The zero-order valence-corrected chi connectivity index (χ0v) is 17.3. The Kier molecular flexibility index (Phi) is 4.70. The van der Waals surface area contributed by atoms with E-state index in [9.17, 15) is 9.59 Å². The average Bonchev–Trinajstić information content (AvgIpc) is 3.07. The third-order valence-electron chi connectivity index (χ3n) is 4.85. The number of para-hydroxylation sites is 1. The smallest absolute Gasteiger partial charge is 0.293 e. The number of imide groups is 1. The van der Waals surface area contributed by atoms with Crippen LogP contribution in [0.1, 0.15) is 16.8 Å². The monoisotopic (exact) mass is 440 g/mol. The Bertz CT molecular complexity index is 1100. The van der Waals surface area contributed by atoms with Gasteiger partial charge in [0, 0.05) is 33.7 Å². The van der Waals surface area contributed by atoms with Gasteiger partial charge < -0.3 is 4.57 Å². The van der Waals surface area contributed by atoms with E-state index >= 15 is 0 Å². The number of nitrogens with zero attached hydrogens (tertiary/aromatic N) is 2. The first-order valence-corrected chi connectivity index (χ1v) is 10.1. The highest BCUT2D eigenvalue weighted by atomic mass is 79.9. The van der Waals surface area contributed by atoms with Crippen LogP contribution >= 0.6 is 27.7 Å². The van der Waals surface area contributed by atoms with Crippen LogP contribution in [-0.4, -0.2) is 20.6 Å². The number of thioether (sulfide) groups is 1. The second-order valence-corrected chi connectivity index (χ2v) is 8.38. The van der Waals surface area contributed by atoms with Crippen molar-refractivity contribution >= 4 is 55.8 Å². The number of amides is 2. The molecular formula is C21H17BrN2O2S. The second-order valence-electron chi connectivity index (χ2n) is 6.47. The van der Waals surface area contributed by atoms with Crippen molar-refractivity contribution in [3.05, 3.63) is 74.7 Å². The molecule has 2 aromatic carbocycles. The summed E-state index contributed by atoms with van der Waals surface area (Å²) in [7, 11) is 2.01. The second kappa shape index (κ2) is 7.02. The normalized spacial score (nSPS) is 16.1. The molecule has 1 fully saturated rings. The molecule has 1 aliphatic rings. The van der Waals surface area contributed by atoms with Crippen molar-refractivity contribution < 1.29 is 9.59 Å². The van der Waals surface area contributed by atoms with Crippen LogP contribution in [0.4, 0.5) is 4.79 Å². The van der Waals surface area contributed by atoms with Crippen LogP contribution in [-0.2, 0) is 18.4 Å². The van der Waals surface area contributed by atoms with Gasteiger partial charge in [0.25, 0.3) is 11.1 Å². The molecule has 4 rings (SSSR count). The third kappa shape index (κ3) is 3.24. The fraction of sp³-hybridized carbons (Fsp3) is 0.143. The first kappa shape index (κ1) is 18.1. The molecule has 0 atom stereocenters. The lowest BCUT2D eigenvalue weighted by molar-refractivity contribution is -0.123. The number of carbonyl (C=O) groups is 2. The number of halogens is 1. The van der Waals surface area contributed by atoms with Crippen molar-refractivity contribution in [2.75, 3.05) is 0 Å². The van der Waals surface area contributed by atoms with Crippen molar-refractivity contribution in [3.63, 3.8) is 0 Å². The van der Waals surface area contributed by atoms with Crippen molar-refractivity contribution in [1.29, 1.82) is 0 Å². The van der Waals surface area contributed by atoms with Crippen LogP contribution in [0.2, 0.25) is 0 Å². The van der Waals surface area contributed by atoms with Crippen molar-refractivity contribution in [3.8, 4) is 0 Å². The lowest BCUT2D eigenvalue weighted by Crippen LogP contribution is -2.27. The summed E-state index contributed by atoms with van der Waals surface area (Å²) < 4.78 is 3.07. The molecule has 4 nitrogen and oxygen atoms in total.